The van der Waals surface area contributed by atoms with Gasteiger partial charge in [0.1, 0.15) is 11.9 Å². The summed E-state index contributed by atoms with van der Waals surface area (Å²) in [6.07, 6.45) is -0.531. The van der Waals surface area contributed by atoms with E-state index in [4.69, 9.17) is 4.74 Å². The Kier molecular flexibility index (Phi) is 5.16. The molecule has 2 aliphatic rings. The van der Waals surface area contributed by atoms with E-state index < -0.39 is 22.2 Å². The minimum atomic E-state index is -3.57. The molecule has 7 nitrogen and oxygen atoms in total. The molecule has 1 amide bonds. The van der Waals surface area contributed by atoms with Crippen LogP contribution >= 0.6 is 0 Å². The zero-order valence-electron chi connectivity index (χ0n) is 18.5. The van der Waals surface area contributed by atoms with Gasteiger partial charge >= 0.3 is 6.09 Å². The third-order valence-electron chi connectivity index (χ3n) is 6.41. The van der Waals surface area contributed by atoms with Crippen molar-refractivity contribution in [2.45, 2.75) is 51.7 Å². The Bertz CT molecular complexity index is 1140. The molecule has 0 aromatic heterocycles. The first-order chi connectivity index (χ1) is 14.5. The number of hydrogen-bond donors (Lipinski definition) is 2. The Morgan fingerprint density at radius 1 is 1.23 bits per heavy atom. The molecule has 8 heteroatoms. The zero-order chi connectivity index (χ0) is 22.6. The van der Waals surface area contributed by atoms with Gasteiger partial charge in [0.15, 0.2) is 0 Å². The van der Waals surface area contributed by atoms with Crippen LogP contribution in [-0.4, -0.2) is 32.9 Å². The summed E-state index contributed by atoms with van der Waals surface area (Å²) in [5, 5.41) is 2.83. The van der Waals surface area contributed by atoms with Gasteiger partial charge in [0.25, 0.3) is 0 Å². The standard InChI is InChI=1S/C23H29N3O4S/c1-14-10-20-17(15(2)12-23(3,4)26(20)5)11-19(14)24-22(27)30-21-13-31(28,29)25-18-9-7-6-8-16(18)21/h6-11,15,21,25H,12-13H2,1-5H3,(H,24,27). The molecule has 2 unspecified atom stereocenters. The van der Waals surface area contributed by atoms with Crippen LogP contribution in [0.4, 0.5) is 21.9 Å². The van der Waals surface area contributed by atoms with Crippen molar-refractivity contribution in [1.82, 2.24) is 0 Å². The zero-order valence-corrected chi connectivity index (χ0v) is 19.3. The van der Waals surface area contributed by atoms with Crippen LogP contribution in [0.3, 0.4) is 0 Å². The van der Waals surface area contributed by atoms with Crippen LogP contribution in [0.5, 0.6) is 0 Å². The molecule has 0 bridgehead atoms. The van der Waals surface area contributed by atoms with Gasteiger partial charge in [-0.2, -0.15) is 0 Å². The van der Waals surface area contributed by atoms with Gasteiger partial charge in [-0.25, -0.2) is 13.2 Å². The van der Waals surface area contributed by atoms with E-state index in [2.05, 4.69) is 48.8 Å². The van der Waals surface area contributed by atoms with E-state index in [1.54, 1.807) is 24.3 Å². The molecule has 2 aromatic carbocycles. The molecule has 166 valence electrons. The molecule has 4 rings (SSSR count). The molecule has 0 aliphatic carbocycles. The van der Waals surface area contributed by atoms with E-state index >= 15 is 0 Å². The Balaban J connectivity index is 1.57. The second kappa shape index (κ2) is 7.44. The number of nitrogens with zero attached hydrogens (tertiary/aromatic N) is 1. The third kappa shape index (κ3) is 4.08. The highest BCUT2D eigenvalue weighted by Crippen LogP contribution is 2.44. The summed E-state index contributed by atoms with van der Waals surface area (Å²) in [7, 11) is -1.47. The lowest BCUT2D eigenvalue weighted by molar-refractivity contribution is 0.122. The lowest BCUT2D eigenvalue weighted by atomic mass is 9.80. The highest BCUT2D eigenvalue weighted by molar-refractivity contribution is 7.92. The first-order valence-electron chi connectivity index (χ1n) is 10.4. The number of carbonyl (C=O) groups excluding carboxylic acids is 1. The van der Waals surface area contributed by atoms with Gasteiger partial charge in [-0.15, -0.1) is 0 Å². The minimum Gasteiger partial charge on any atom is -0.440 e. The molecular formula is C23H29N3O4S. The number of ether oxygens (including phenoxy) is 1. The summed E-state index contributed by atoms with van der Waals surface area (Å²) in [5.41, 5.74) is 5.08. The largest absolute Gasteiger partial charge is 0.440 e. The van der Waals surface area contributed by atoms with Gasteiger partial charge in [-0.1, -0.05) is 25.1 Å². The number of para-hydroxylation sites is 1. The molecule has 0 saturated carbocycles. The van der Waals surface area contributed by atoms with E-state index in [1.807, 2.05) is 13.0 Å². The summed E-state index contributed by atoms with van der Waals surface area (Å²) in [5.74, 6) is 0.0390. The Hall–Kier alpha value is -2.74. The highest BCUT2D eigenvalue weighted by atomic mass is 32.2. The highest BCUT2D eigenvalue weighted by Gasteiger charge is 2.35. The van der Waals surface area contributed by atoms with Gasteiger partial charge in [-0.3, -0.25) is 10.0 Å². The van der Waals surface area contributed by atoms with Crippen molar-refractivity contribution in [2.75, 3.05) is 27.7 Å². The van der Waals surface area contributed by atoms with Crippen molar-refractivity contribution in [3.8, 4) is 0 Å². The summed E-state index contributed by atoms with van der Waals surface area (Å²) in [6, 6.07) is 11.0. The number of aryl methyl sites for hydroxylation is 1. The Morgan fingerprint density at radius 2 is 1.94 bits per heavy atom. The van der Waals surface area contributed by atoms with E-state index in [9.17, 15) is 13.2 Å². The number of hydrogen-bond acceptors (Lipinski definition) is 5. The smallest absolute Gasteiger partial charge is 0.412 e. The maximum absolute atomic E-state index is 12.7. The topological polar surface area (TPSA) is 87.7 Å². The van der Waals surface area contributed by atoms with Gasteiger partial charge < -0.3 is 9.64 Å². The van der Waals surface area contributed by atoms with Crippen molar-refractivity contribution in [3.05, 3.63) is 53.1 Å². The van der Waals surface area contributed by atoms with E-state index in [0.29, 0.717) is 22.9 Å². The Labute approximate surface area is 183 Å². The number of nitrogens with one attached hydrogen (secondary N) is 2. The quantitative estimate of drug-likeness (QED) is 0.699. The van der Waals surface area contributed by atoms with Crippen LogP contribution in [0.15, 0.2) is 36.4 Å². The molecule has 31 heavy (non-hydrogen) atoms. The predicted molar refractivity (Wildman–Crippen MR) is 123 cm³/mol. The third-order valence-corrected chi connectivity index (χ3v) is 7.68. The molecule has 0 fully saturated rings. The predicted octanol–water partition coefficient (Wildman–Crippen LogP) is 4.76. The molecule has 2 heterocycles. The van der Waals surface area contributed by atoms with Gasteiger partial charge in [0, 0.05) is 29.5 Å². The maximum atomic E-state index is 12.7. The molecule has 0 spiro atoms. The monoisotopic (exact) mass is 443 g/mol. The normalized spacial score (nSPS) is 23.2. The van der Waals surface area contributed by atoms with Crippen molar-refractivity contribution < 1.29 is 17.9 Å². The molecular weight excluding hydrogens is 414 g/mol. The van der Waals surface area contributed by atoms with Crippen molar-refractivity contribution in [3.63, 3.8) is 0 Å². The van der Waals surface area contributed by atoms with Gasteiger partial charge in [0.05, 0.1) is 5.69 Å². The first-order valence-corrected chi connectivity index (χ1v) is 12.1. The fourth-order valence-corrected chi connectivity index (χ4v) is 5.84. The average molecular weight is 444 g/mol. The number of amides is 1. The summed E-state index contributed by atoms with van der Waals surface area (Å²) < 4.78 is 32.4. The number of rotatable bonds is 2. The van der Waals surface area contributed by atoms with E-state index in [-0.39, 0.29) is 11.3 Å². The van der Waals surface area contributed by atoms with Crippen molar-refractivity contribution in [2.24, 2.45) is 0 Å². The minimum absolute atomic E-state index is 0.0562. The van der Waals surface area contributed by atoms with Crippen LogP contribution in [0.1, 0.15) is 55.9 Å². The number of fused-ring (bicyclic) bond motifs is 2. The van der Waals surface area contributed by atoms with Crippen molar-refractivity contribution >= 4 is 33.2 Å². The number of carbonyl (C=O) groups is 1. The van der Waals surface area contributed by atoms with Gasteiger partial charge in [-0.05, 0) is 62.4 Å². The lowest BCUT2D eigenvalue weighted by Crippen LogP contribution is -2.45. The van der Waals surface area contributed by atoms with E-state index in [0.717, 1.165) is 12.0 Å². The average Bonchev–Trinajstić information content (AvgIpc) is 2.66. The maximum Gasteiger partial charge on any atom is 0.412 e. The SMILES string of the molecule is Cc1cc2c(cc1NC(=O)OC1CS(=O)(=O)Nc3ccccc31)C(C)CC(C)(C)N2C. The van der Waals surface area contributed by atoms with Crippen LogP contribution in [0, 0.1) is 6.92 Å². The first kappa shape index (κ1) is 21.5. The number of anilines is 3. The molecule has 2 aromatic rings. The van der Waals surface area contributed by atoms with Crippen LogP contribution < -0.4 is 14.9 Å². The van der Waals surface area contributed by atoms with Crippen LogP contribution in [-0.2, 0) is 14.8 Å². The number of sulfonamides is 1. The molecule has 0 saturated heterocycles. The molecule has 2 atom stereocenters. The second-order valence-corrected chi connectivity index (χ2v) is 11.0. The second-order valence-electron chi connectivity index (χ2n) is 9.19. The Morgan fingerprint density at radius 3 is 2.68 bits per heavy atom. The van der Waals surface area contributed by atoms with E-state index in [1.165, 1.54) is 11.3 Å². The lowest BCUT2D eigenvalue weighted by Gasteiger charge is -2.45. The number of benzene rings is 2. The van der Waals surface area contributed by atoms with Crippen molar-refractivity contribution in [1.29, 1.82) is 0 Å². The summed E-state index contributed by atoms with van der Waals surface area (Å²) in [4.78, 5) is 15.0. The summed E-state index contributed by atoms with van der Waals surface area (Å²) in [6.45, 7) is 8.61. The summed E-state index contributed by atoms with van der Waals surface area (Å²) >= 11 is 0. The van der Waals surface area contributed by atoms with Crippen LogP contribution in [0.25, 0.3) is 0 Å². The van der Waals surface area contributed by atoms with Gasteiger partial charge in [0.2, 0.25) is 10.0 Å². The fourth-order valence-electron chi connectivity index (χ4n) is 4.59. The molecule has 2 aliphatic heterocycles. The fraction of sp³-hybridized carbons (Fsp3) is 0.435. The molecule has 2 N–H and O–H groups in total. The molecule has 0 radical (unpaired) electrons. The van der Waals surface area contributed by atoms with Crippen LogP contribution in [0.2, 0.25) is 0 Å².